The second-order valence-electron chi connectivity index (χ2n) is 4.80. The van der Waals surface area contributed by atoms with E-state index < -0.39 is 0 Å². The third kappa shape index (κ3) is 0.725. The fourth-order valence-electron chi connectivity index (χ4n) is 3.96. The van der Waals surface area contributed by atoms with E-state index in [1.165, 1.54) is 38.5 Å². The van der Waals surface area contributed by atoms with E-state index in [1.54, 1.807) is 0 Å². The van der Waals surface area contributed by atoms with Gasteiger partial charge >= 0.3 is 0 Å². The molecule has 0 aromatic carbocycles. The van der Waals surface area contributed by atoms with Gasteiger partial charge in [0.2, 0.25) is 0 Å². The Balaban J connectivity index is 1.92. The van der Waals surface area contributed by atoms with Crippen LogP contribution in [-0.2, 0) is 4.79 Å². The molecule has 0 heterocycles. The van der Waals surface area contributed by atoms with Crippen molar-refractivity contribution in [2.45, 2.75) is 38.5 Å². The van der Waals surface area contributed by atoms with Crippen molar-refractivity contribution in [1.29, 1.82) is 0 Å². The van der Waals surface area contributed by atoms with Gasteiger partial charge in [-0.1, -0.05) is 12.8 Å². The van der Waals surface area contributed by atoms with E-state index in [9.17, 15) is 4.79 Å². The lowest BCUT2D eigenvalue weighted by atomic mass is 9.71. The van der Waals surface area contributed by atoms with Gasteiger partial charge < -0.3 is 0 Å². The number of carbonyl (C=O) groups is 1. The number of fused-ring (bicyclic) bond motifs is 5. The fraction of sp³-hybridized carbons (Fsp3) is 0.909. The van der Waals surface area contributed by atoms with E-state index in [2.05, 4.69) is 0 Å². The molecular weight excluding hydrogens is 148 g/mol. The summed E-state index contributed by atoms with van der Waals surface area (Å²) in [5.41, 5.74) is 0. The third-order valence-corrected chi connectivity index (χ3v) is 4.43. The molecule has 0 amide bonds. The summed E-state index contributed by atoms with van der Waals surface area (Å²) in [7, 11) is 0. The highest BCUT2D eigenvalue weighted by Crippen LogP contribution is 2.55. The smallest absolute Gasteiger partial charge is 0.139 e. The van der Waals surface area contributed by atoms with Crippen LogP contribution in [0, 0.1) is 23.7 Å². The van der Waals surface area contributed by atoms with Crippen molar-refractivity contribution in [3.63, 3.8) is 0 Å². The summed E-state index contributed by atoms with van der Waals surface area (Å²) < 4.78 is 0. The van der Waals surface area contributed by atoms with Gasteiger partial charge in [-0.3, -0.25) is 4.79 Å². The maximum Gasteiger partial charge on any atom is 0.139 e. The number of Topliss-reactive ketones (excluding diaryl/α,β-unsaturated/α-hetero) is 1. The van der Waals surface area contributed by atoms with Crippen LogP contribution in [0.5, 0.6) is 0 Å². The van der Waals surface area contributed by atoms with Crippen LogP contribution in [0.2, 0.25) is 0 Å². The molecule has 0 spiro atoms. The molecule has 66 valence electrons. The minimum atomic E-state index is 0.514. The summed E-state index contributed by atoms with van der Waals surface area (Å²) in [6.07, 6.45) is 7.94. The maximum atomic E-state index is 11.7. The summed E-state index contributed by atoms with van der Waals surface area (Å²) in [5, 5.41) is 0. The molecule has 1 nitrogen and oxygen atoms in total. The summed E-state index contributed by atoms with van der Waals surface area (Å²) in [6.45, 7) is 0. The Kier molecular flexibility index (Phi) is 1.38. The predicted octanol–water partition coefficient (Wildman–Crippen LogP) is 2.40. The molecule has 0 saturated heterocycles. The topological polar surface area (TPSA) is 17.1 Å². The van der Waals surface area contributed by atoms with Crippen LogP contribution >= 0.6 is 0 Å². The Morgan fingerprint density at radius 3 is 1.83 bits per heavy atom. The molecule has 3 rings (SSSR count). The first-order valence-electron chi connectivity index (χ1n) is 5.41. The van der Waals surface area contributed by atoms with Gasteiger partial charge in [0, 0.05) is 11.8 Å². The minimum absolute atomic E-state index is 0.514. The molecule has 0 aromatic heterocycles. The maximum absolute atomic E-state index is 11.7. The zero-order valence-electron chi connectivity index (χ0n) is 7.46. The number of rotatable bonds is 0. The zero-order valence-corrected chi connectivity index (χ0v) is 7.46. The molecular formula is C11H16O. The second-order valence-corrected chi connectivity index (χ2v) is 4.80. The standard InChI is InChI=1S/C11H16O/c12-11-9-5-6-10(11)8-4-2-1-3-7(8)9/h7-10H,1-6H2. The van der Waals surface area contributed by atoms with Crippen LogP contribution in [0.3, 0.4) is 0 Å². The Morgan fingerprint density at radius 1 is 0.833 bits per heavy atom. The molecule has 1 heteroatoms. The highest BCUT2D eigenvalue weighted by atomic mass is 16.1. The van der Waals surface area contributed by atoms with Crippen molar-refractivity contribution in [1.82, 2.24) is 0 Å². The van der Waals surface area contributed by atoms with Crippen LogP contribution in [0.1, 0.15) is 38.5 Å². The SMILES string of the molecule is O=C1C2CCC1C1CCCCC21. The highest BCUT2D eigenvalue weighted by molar-refractivity contribution is 5.88. The third-order valence-electron chi connectivity index (χ3n) is 4.43. The average molecular weight is 164 g/mol. The second kappa shape index (κ2) is 2.34. The number of hydrogen-bond donors (Lipinski definition) is 0. The van der Waals surface area contributed by atoms with Crippen LogP contribution in [-0.4, -0.2) is 5.78 Å². The first-order chi connectivity index (χ1) is 5.88. The molecule has 0 radical (unpaired) electrons. The quantitative estimate of drug-likeness (QED) is 0.537. The molecule has 4 unspecified atom stereocenters. The monoisotopic (exact) mass is 164 g/mol. The van der Waals surface area contributed by atoms with Gasteiger partial charge in [-0.15, -0.1) is 0 Å². The number of carbonyl (C=O) groups excluding carboxylic acids is 1. The van der Waals surface area contributed by atoms with Crippen molar-refractivity contribution in [3.8, 4) is 0 Å². The Morgan fingerprint density at radius 2 is 1.33 bits per heavy atom. The summed E-state index contributed by atoms with van der Waals surface area (Å²) >= 11 is 0. The van der Waals surface area contributed by atoms with E-state index in [-0.39, 0.29) is 0 Å². The van der Waals surface area contributed by atoms with Gasteiger partial charge in [0.25, 0.3) is 0 Å². The number of ketones is 1. The largest absolute Gasteiger partial charge is 0.299 e. The van der Waals surface area contributed by atoms with Crippen molar-refractivity contribution in [2.24, 2.45) is 23.7 Å². The first-order valence-corrected chi connectivity index (χ1v) is 5.41. The van der Waals surface area contributed by atoms with Crippen LogP contribution in [0.4, 0.5) is 0 Å². The normalized spacial score (nSPS) is 51.2. The van der Waals surface area contributed by atoms with Gasteiger partial charge in [-0.05, 0) is 37.5 Å². The van der Waals surface area contributed by atoms with Crippen molar-refractivity contribution < 1.29 is 4.79 Å². The highest BCUT2D eigenvalue weighted by Gasteiger charge is 2.53. The van der Waals surface area contributed by atoms with Crippen molar-refractivity contribution >= 4 is 5.78 Å². The van der Waals surface area contributed by atoms with Crippen molar-refractivity contribution in [3.05, 3.63) is 0 Å². The minimum Gasteiger partial charge on any atom is -0.299 e. The lowest BCUT2D eigenvalue weighted by molar-refractivity contribution is -0.122. The molecule has 4 atom stereocenters. The Hall–Kier alpha value is -0.330. The molecule has 2 bridgehead atoms. The predicted molar refractivity (Wildman–Crippen MR) is 46.7 cm³/mol. The molecule has 0 N–H and O–H groups in total. The van der Waals surface area contributed by atoms with Crippen LogP contribution in [0.25, 0.3) is 0 Å². The van der Waals surface area contributed by atoms with Crippen molar-refractivity contribution in [2.75, 3.05) is 0 Å². The van der Waals surface area contributed by atoms with E-state index in [4.69, 9.17) is 0 Å². The lowest BCUT2D eigenvalue weighted by Crippen LogP contribution is -2.25. The molecule has 3 aliphatic carbocycles. The average Bonchev–Trinajstić information content (AvgIpc) is 2.61. The molecule has 0 aliphatic heterocycles. The summed E-state index contributed by atoms with van der Waals surface area (Å²) in [6, 6.07) is 0. The van der Waals surface area contributed by atoms with Gasteiger partial charge in [0.05, 0.1) is 0 Å². The van der Waals surface area contributed by atoms with Crippen LogP contribution in [0.15, 0.2) is 0 Å². The fourth-order valence-corrected chi connectivity index (χ4v) is 3.96. The lowest BCUT2D eigenvalue weighted by Gasteiger charge is -2.33. The Bertz CT molecular complexity index is 199. The first kappa shape index (κ1) is 7.11. The van der Waals surface area contributed by atoms with Gasteiger partial charge in [-0.2, -0.15) is 0 Å². The molecule has 3 aliphatic rings. The zero-order chi connectivity index (χ0) is 8.13. The molecule has 3 saturated carbocycles. The molecule has 0 aromatic rings. The van der Waals surface area contributed by atoms with E-state index in [1.807, 2.05) is 0 Å². The van der Waals surface area contributed by atoms with E-state index >= 15 is 0 Å². The Labute approximate surface area is 73.5 Å². The van der Waals surface area contributed by atoms with Crippen LogP contribution < -0.4 is 0 Å². The van der Waals surface area contributed by atoms with Gasteiger partial charge in [0.15, 0.2) is 0 Å². The number of hydrogen-bond acceptors (Lipinski definition) is 1. The van der Waals surface area contributed by atoms with E-state index in [0.29, 0.717) is 17.6 Å². The molecule has 3 fully saturated rings. The summed E-state index contributed by atoms with van der Waals surface area (Å²) in [5.74, 6) is 3.32. The van der Waals surface area contributed by atoms with Gasteiger partial charge in [0.1, 0.15) is 5.78 Å². The van der Waals surface area contributed by atoms with E-state index in [0.717, 1.165) is 11.8 Å². The van der Waals surface area contributed by atoms with Gasteiger partial charge in [-0.25, -0.2) is 0 Å². The molecule has 12 heavy (non-hydrogen) atoms. The summed E-state index contributed by atoms with van der Waals surface area (Å²) in [4.78, 5) is 11.7.